The van der Waals surface area contributed by atoms with Gasteiger partial charge in [-0.2, -0.15) is 0 Å². The lowest BCUT2D eigenvalue weighted by Crippen LogP contribution is -2.18. The molecule has 2 aromatic carbocycles. The fraction of sp³-hybridized carbons (Fsp3) is 0.273. The first-order valence-electron chi connectivity index (χ1n) is 9.50. The molecule has 5 nitrogen and oxygen atoms in total. The maximum atomic E-state index is 12.3. The normalized spacial score (nSPS) is 16.2. The topological polar surface area (TPSA) is 56.2 Å². The van der Waals surface area contributed by atoms with E-state index in [1.54, 1.807) is 0 Å². The Labute approximate surface area is 169 Å². The van der Waals surface area contributed by atoms with Gasteiger partial charge in [0, 0.05) is 12.3 Å². The first-order valence-corrected chi connectivity index (χ1v) is 10.5. The average Bonchev–Trinajstić information content (AvgIpc) is 3.38. The summed E-state index contributed by atoms with van der Waals surface area (Å²) in [5.74, 6) is 0.273. The second-order valence-electron chi connectivity index (χ2n) is 6.74. The molecule has 0 aliphatic carbocycles. The van der Waals surface area contributed by atoms with Crippen molar-refractivity contribution in [1.29, 1.82) is 0 Å². The molecule has 1 N–H and O–H groups in total. The summed E-state index contributed by atoms with van der Waals surface area (Å²) in [4.78, 5) is 16.9. The van der Waals surface area contributed by atoms with Crippen molar-refractivity contribution in [3.8, 4) is 11.3 Å². The number of aromatic nitrogens is 2. The fourth-order valence-electron chi connectivity index (χ4n) is 3.33. The molecule has 1 aromatic heterocycles. The Bertz CT molecular complexity index is 906. The Kier molecular flexibility index (Phi) is 6.09. The lowest BCUT2D eigenvalue weighted by atomic mass is 10.1. The number of nitrogens with zero attached hydrogens (tertiary/aromatic N) is 2. The summed E-state index contributed by atoms with van der Waals surface area (Å²) in [5.41, 5.74) is 2.98. The third-order valence-electron chi connectivity index (χ3n) is 4.69. The van der Waals surface area contributed by atoms with Gasteiger partial charge >= 0.3 is 0 Å². The molecule has 0 radical (unpaired) electrons. The van der Waals surface area contributed by atoms with Crippen LogP contribution >= 0.6 is 11.8 Å². The standard InChI is InChI=1S/C22H23N3O2S/c26-21(24-18-10-5-2-6-11-18)16-28-22-23-14-20(17-8-3-1-4-9-17)25(22)15-19-12-7-13-27-19/h1-6,8-11,14,19H,7,12-13,15-16H2,(H,24,26). The fourth-order valence-corrected chi connectivity index (χ4v) is 4.12. The molecule has 1 atom stereocenters. The highest BCUT2D eigenvalue weighted by Gasteiger charge is 2.21. The lowest BCUT2D eigenvalue weighted by Gasteiger charge is -2.16. The number of amides is 1. The number of anilines is 1. The van der Waals surface area contributed by atoms with Crippen LogP contribution in [-0.4, -0.2) is 33.9 Å². The van der Waals surface area contributed by atoms with Crippen molar-refractivity contribution in [3.05, 3.63) is 66.9 Å². The van der Waals surface area contributed by atoms with Crippen molar-refractivity contribution in [2.45, 2.75) is 30.6 Å². The van der Waals surface area contributed by atoms with Crippen molar-refractivity contribution in [3.63, 3.8) is 0 Å². The van der Waals surface area contributed by atoms with Crippen molar-refractivity contribution in [2.24, 2.45) is 0 Å². The molecule has 1 amide bonds. The van der Waals surface area contributed by atoms with Gasteiger partial charge in [0.25, 0.3) is 0 Å². The second-order valence-corrected chi connectivity index (χ2v) is 7.68. The Morgan fingerprint density at radius 3 is 2.61 bits per heavy atom. The number of nitrogens with one attached hydrogen (secondary N) is 1. The number of para-hydroxylation sites is 1. The number of thioether (sulfide) groups is 1. The van der Waals surface area contributed by atoms with Crippen LogP contribution in [0.3, 0.4) is 0 Å². The minimum absolute atomic E-state index is 0.0378. The number of carbonyl (C=O) groups excluding carboxylic acids is 1. The van der Waals surface area contributed by atoms with Crippen LogP contribution < -0.4 is 5.32 Å². The summed E-state index contributed by atoms with van der Waals surface area (Å²) in [6.45, 7) is 1.58. The molecule has 0 bridgehead atoms. The molecule has 4 rings (SSSR count). The van der Waals surface area contributed by atoms with Gasteiger partial charge < -0.3 is 14.6 Å². The van der Waals surface area contributed by atoms with E-state index in [1.807, 2.05) is 54.7 Å². The van der Waals surface area contributed by atoms with Crippen LogP contribution in [0.5, 0.6) is 0 Å². The maximum absolute atomic E-state index is 12.3. The molecule has 6 heteroatoms. The van der Waals surface area contributed by atoms with Crippen LogP contribution in [0.1, 0.15) is 12.8 Å². The Morgan fingerprint density at radius 1 is 1.14 bits per heavy atom. The van der Waals surface area contributed by atoms with Gasteiger partial charge in [-0.15, -0.1) is 0 Å². The molecule has 2 heterocycles. The van der Waals surface area contributed by atoms with Crippen LogP contribution in [0.25, 0.3) is 11.3 Å². The minimum atomic E-state index is -0.0378. The van der Waals surface area contributed by atoms with E-state index in [9.17, 15) is 4.79 Å². The molecular formula is C22H23N3O2S. The van der Waals surface area contributed by atoms with E-state index in [2.05, 4.69) is 27.0 Å². The first-order chi connectivity index (χ1) is 13.8. The van der Waals surface area contributed by atoms with Crippen LogP contribution in [0.2, 0.25) is 0 Å². The zero-order valence-corrected chi connectivity index (χ0v) is 16.4. The SMILES string of the molecule is O=C(CSc1ncc(-c2ccccc2)n1CC1CCCO1)Nc1ccccc1. The first kappa shape index (κ1) is 18.8. The van der Waals surface area contributed by atoms with E-state index in [-0.39, 0.29) is 12.0 Å². The van der Waals surface area contributed by atoms with Crippen LogP contribution in [0, 0.1) is 0 Å². The molecule has 1 unspecified atom stereocenters. The maximum Gasteiger partial charge on any atom is 0.234 e. The summed E-state index contributed by atoms with van der Waals surface area (Å²) >= 11 is 1.46. The molecule has 1 aliphatic rings. The second kappa shape index (κ2) is 9.08. The predicted molar refractivity (Wildman–Crippen MR) is 112 cm³/mol. The molecule has 1 saturated heterocycles. The van der Waals surface area contributed by atoms with Crippen LogP contribution in [0.15, 0.2) is 72.0 Å². The van der Waals surface area contributed by atoms with Gasteiger partial charge in [-0.25, -0.2) is 4.98 Å². The van der Waals surface area contributed by atoms with E-state index in [0.717, 1.165) is 48.1 Å². The minimum Gasteiger partial charge on any atom is -0.376 e. The summed E-state index contributed by atoms with van der Waals surface area (Å²) in [6.07, 6.45) is 4.25. The zero-order chi connectivity index (χ0) is 19.2. The molecule has 144 valence electrons. The third-order valence-corrected chi connectivity index (χ3v) is 5.68. The molecule has 3 aromatic rings. The molecular weight excluding hydrogens is 370 g/mol. The molecule has 0 saturated carbocycles. The van der Waals surface area contributed by atoms with Gasteiger partial charge in [0.05, 0.1) is 30.3 Å². The third kappa shape index (κ3) is 4.64. The van der Waals surface area contributed by atoms with Gasteiger partial charge in [0.15, 0.2) is 5.16 Å². The van der Waals surface area contributed by atoms with Crippen LogP contribution in [-0.2, 0) is 16.1 Å². The highest BCUT2D eigenvalue weighted by molar-refractivity contribution is 7.99. The Balaban J connectivity index is 1.49. The number of imidazole rings is 1. The largest absolute Gasteiger partial charge is 0.376 e. The van der Waals surface area contributed by atoms with Crippen LogP contribution in [0.4, 0.5) is 5.69 Å². The predicted octanol–water partition coefficient (Wildman–Crippen LogP) is 4.46. The van der Waals surface area contributed by atoms with Crippen molar-refractivity contribution >= 4 is 23.4 Å². The number of carbonyl (C=O) groups is 1. The molecule has 1 fully saturated rings. The van der Waals surface area contributed by atoms with Gasteiger partial charge in [-0.3, -0.25) is 4.79 Å². The lowest BCUT2D eigenvalue weighted by molar-refractivity contribution is -0.113. The number of benzene rings is 2. The Hall–Kier alpha value is -2.57. The quantitative estimate of drug-likeness (QED) is 0.602. The molecule has 0 spiro atoms. The van der Waals surface area contributed by atoms with Crippen molar-refractivity contribution < 1.29 is 9.53 Å². The van der Waals surface area contributed by atoms with E-state index in [0.29, 0.717) is 5.75 Å². The smallest absolute Gasteiger partial charge is 0.234 e. The van der Waals surface area contributed by atoms with Crippen molar-refractivity contribution in [1.82, 2.24) is 9.55 Å². The monoisotopic (exact) mass is 393 g/mol. The van der Waals surface area contributed by atoms with Gasteiger partial charge in [0.1, 0.15) is 0 Å². The summed E-state index contributed by atoms with van der Waals surface area (Å²) in [7, 11) is 0. The number of hydrogen-bond donors (Lipinski definition) is 1. The van der Waals surface area contributed by atoms with Gasteiger partial charge in [0.2, 0.25) is 5.91 Å². The van der Waals surface area contributed by atoms with E-state index < -0.39 is 0 Å². The van der Waals surface area contributed by atoms with Gasteiger partial charge in [-0.1, -0.05) is 60.3 Å². The van der Waals surface area contributed by atoms with E-state index >= 15 is 0 Å². The van der Waals surface area contributed by atoms with Crippen molar-refractivity contribution in [2.75, 3.05) is 17.7 Å². The van der Waals surface area contributed by atoms with E-state index in [1.165, 1.54) is 11.8 Å². The number of ether oxygens (including phenoxy) is 1. The molecule has 1 aliphatic heterocycles. The summed E-state index contributed by atoms with van der Waals surface area (Å²) in [5, 5.41) is 3.77. The zero-order valence-electron chi connectivity index (χ0n) is 15.6. The molecule has 28 heavy (non-hydrogen) atoms. The number of rotatable bonds is 7. The highest BCUT2D eigenvalue weighted by Crippen LogP contribution is 2.28. The van der Waals surface area contributed by atoms with Gasteiger partial charge in [-0.05, 0) is 30.5 Å². The number of hydrogen-bond acceptors (Lipinski definition) is 4. The summed E-state index contributed by atoms with van der Waals surface area (Å²) < 4.78 is 8.03. The Morgan fingerprint density at radius 2 is 1.89 bits per heavy atom. The highest BCUT2D eigenvalue weighted by atomic mass is 32.2. The average molecular weight is 394 g/mol. The summed E-state index contributed by atoms with van der Waals surface area (Å²) in [6, 6.07) is 19.7. The van der Waals surface area contributed by atoms with E-state index in [4.69, 9.17) is 4.74 Å².